The van der Waals surface area contributed by atoms with Crippen molar-refractivity contribution in [3.8, 4) is 5.75 Å². The maximum Gasteiger partial charge on any atom is 0.178 e. The van der Waals surface area contributed by atoms with E-state index in [4.69, 9.17) is 5.73 Å². The summed E-state index contributed by atoms with van der Waals surface area (Å²) in [5.41, 5.74) is 5.84. The molecule has 0 radical (unpaired) electrons. The molecule has 2 rings (SSSR count). The standard InChI is InChI=1S/C12H16FNO3S/c1-7(14)12(3-4-12)8-5-9(13)11(6-10(8)15)18(2,16)17/h5-7,15H,3-4,14H2,1-2H3. The molecule has 18 heavy (non-hydrogen) atoms. The first-order chi connectivity index (χ1) is 8.18. The molecule has 1 fully saturated rings. The first kappa shape index (κ1) is 13.3. The van der Waals surface area contributed by atoms with Gasteiger partial charge in [-0.25, -0.2) is 12.8 Å². The van der Waals surface area contributed by atoms with Crippen molar-refractivity contribution in [3.63, 3.8) is 0 Å². The number of sulfone groups is 1. The number of phenols is 1. The van der Waals surface area contributed by atoms with Crippen LogP contribution in [0.1, 0.15) is 25.3 Å². The van der Waals surface area contributed by atoms with Crippen molar-refractivity contribution in [2.45, 2.75) is 36.1 Å². The van der Waals surface area contributed by atoms with Crippen molar-refractivity contribution < 1.29 is 17.9 Å². The van der Waals surface area contributed by atoms with Crippen LogP contribution in [0.5, 0.6) is 5.75 Å². The molecule has 1 aromatic carbocycles. The summed E-state index contributed by atoms with van der Waals surface area (Å²) in [6.07, 6.45) is 2.45. The normalized spacial score (nSPS) is 19.6. The molecule has 1 aliphatic carbocycles. The van der Waals surface area contributed by atoms with Gasteiger partial charge in [0.1, 0.15) is 16.5 Å². The smallest absolute Gasteiger partial charge is 0.178 e. The highest BCUT2D eigenvalue weighted by atomic mass is 32.2. The zero-order chi connectivity index (χ0) is 13.7. The fourth-order valence-corrected chi connectivity index (χ4v) is 3.07. The van der Waals surface area contributed by atoms with E-state index in [0.29, 0.717) is 5.56 Å². The number of nitrogens with two attached hydrogens (primary N) is 1. The number of halogens is 1. The summed E-state index contributed by atoms with van der Waals surface area (Å²) in [5.74, 6) is -1.04. The largest absolute Gasteiger partial charge is 0.508 e. The summed E-state index contributed by atoms with van der Waals surface area (Å²) in [5, 5.41) is 9.92. The topological polar surface area (TPSA) is 80.4 Å². The van der Waals surface area contributed by atoms with Crippen molar-refractivity contribution in [1.82, 2.24) is 0 Å². The molecule has 3 N–H and O–H groups in total. The Morgan fingerprint density at radius 3 is 2.39 bits per heavy atom. The molecular weight excluding hydrogens is 257 g/mol. The molecule has 1 atom stereocenters. The third-order valence-corrected chi connectivity index (χ3v) is 4.76. The zero-order valence-corrected chi connectivity index (χ0v) is 11.1. The van der Waals surface area contributed by atoms with Crippen LogP contribution < -0.4 is 5.73 Å². The average Bonchev–Trinajstić information content (AvgIpc) is 3.00. The van der Waals surface area contributed by atoms with Crippen LogP contribution in [0, 0.1) is 5.82 Å². The number of hydrogen-bond donors (Lipinski definition) is 2. The van der Waals surface area contributed by atoms with E-state index < -0.39 is 26.0 Å². The van der Waals surface area contributed by atoms with E-state index in [1.807, 2.05) is 0 Å². The van der Waals surface area contributed by atoms with Crippen molar-refractivity contribution in [1.29, 1.82) is 0 Å². The monoisotopic (exact) mass is 273 g/mol. The minimum absolute atomic E-state index is 0.202. The van der Waals surface area contributed by atoms with Crippen LogP contribution in [-0.2, 0) is 15.3 Å². The third-order valence-electron chi connectivity index (χ3n) is 3.65. The highest BCUT2D eigenvalue weighted by Crippen LogP contribution is 2.53. The Hall–Kier alpha value is -1.14. The highest BCUT2D eigenvalue weighted by Gasteiger charge is 2.49. The molecule has 0 amide bonds. The summed E-state index contributed by atoms with van der Waals surface area (Å²) in [7, 11) is -3.68. The molecule has 0 spiro atoms. The third kappa shape index (κ3) is 1.99. The minimum Gasteiger partial charge on any atom is -0.508 e. The maximum atomic E-state index is 13.8. The first-order valence-corrected chi connectivity index (χ1v) is 7.56. The van der Waals surface area contributed by atoms with Crippen LogP contribution in [0.4, 0.5) is 4.39 Å². The van der Waals surface area contributed by atoms with Crippen molar-refractivity contribution >= 4 is 9.84 Å². The van der Waals surface area contributed by atoms with E-state index in [2.05, 4.69) is 0 Å². The number of aromatic hydroxyl groups is 1. The summed E-state index contributed by atoms with van der Waals surface area (Å²) < 4.78 is 36.5. The van der Waals surface area contributed by atoms with Gasteiger partial charge >= 0.3 is 0 Å². The van der Waals surface area contributed by atoms with Gasteiger partial charge in [0.05, 0.1) is 0 Å². The molecule has 6 heteroatoms. The average molecular weight is 273 g/mol. The Balaban J connectivity index is 2.58. The predicted molar refractivity (Wildman–Crippen MR) is 65.7 cm³/mol. The van der Waals surface area contributed by atoms with E-state index in [9.17, 15) is 17.9 Å². The molecule has 4 nitrogen and oxygen atoms in total. The van der Waals surface area contributed by atoms with Crippen LogP contribution in [0.3, 0.4) is 0 Å². The van der Waals surface area contributed by atoms with Gasteiger partial charge in [-0.2, -0.15) is 0 Å². The molecule has 1 aromatic rings. The zero-order valence-electron chi connectivity index (χ0n) is 10.3. The molecule has 1 unspecified atom stereocenters. The summed E-state index contributed by atoms with van der Waals surface area (Å²) >= 11 is 0. The van der Waals surface area contributed by atoms with Gasteiger partial charge in [0, 0.05) is 29.3 Å². The van der Waals surface area contributed by atoms with Crippen LogP contribution >= 0.6 is 0 Å². The van der Waals surface area contributed by atoms with Gasteiger partial charge in [-0.3, -0.25) is 0 Å². The van der Waals surface area contributed by atoms with Crippen molar-refractivity contribution in [2.75, 3.05) is 6.26 Å². The summed E-state index contributed by atoms with van der Waals surface area (Å²) in [6.45, 7) is 1.80. The maximum absolute atomic E-state index is 13.8. The second kappa shape index (κ2) is 3.93. The Labute approximate surface area is 106 Å². The van der Waals surface area contributed by atoms with Gasteiger partial charge in [0.15, 0.2) is 9.84 Å². The molecule has 0 aromatic heterocycles. The number of benzene rings is 1. The quantitative estimate of drug-likeness (QED) is 0.870. The highest BCUT2D eigenvalue weighted by molar-refractivity contribution is 7.90. The fraction of sp³-hybridized carbons (Fsp3) is 0.500. The van der Waals surface area contributed by atoms with E-state index in [0.717, 1.165) is 31.2 Å². The molecule has 1 saturated carbocycles. The van der Waals surface area contributed by atoms with E-state index in [-0.39, 0.29) is 11.8 Å². The Morgan fingerprint density at radius 2 is 2.00 bits per heavy atom. The van der Waals surface area contributed by atoms with E-state index in [1.165, 1.54) is 0 Å². The molecule has 0 heterocycles. The van der Waals surface area contributed by atoms with Gasteiger partial charge in [-0.05, 0) is 25.8 Å². The van der Waals surface area contributed by atoms with Crippen LogP contribution in [-0.4, -0.2) is 25.8 Å². The molecule has 0 aliphatic heterocycles. The van der Waals surface area contributed by atoms with Gasteiger partial charge in [-0.1, -0.05) is 0 Å². The lowest BCUT2D eigenvalue weighted by atomic mass is 9.89. The first-order valence-electron chi connectivity index (χ1n) is 5.67. The summed E-state index contributed by atoms with van der Waals surface area (Å²) in [6, 6.07) is 1.86. The Kier molecular flexibility index (Phi) is 2.90. The summed E-state index contributed by atoms with van der Waals surface area (Å²) in [4.78, 5) is -0.482. The van der Waals surface area contributed by atoms with Gasteiger partial charge in [0.2, 0.25) is 0 Å². The lowest BCUT2D eigenvalue weighted by Crippen LogP contribution is -2.31. The Morgan fingerprint density at radius 1 is 1.44 bits per heavy atom. The predicted octanol–water partition coefficient (Wildman–Crippen LogP) is 1.31. The molecular formula is C12H16FNO3S. The molecule has 1 aliphatic rings. The number of hydrogen-bond acceptors (Lipinski definition) is 4. The van der Waals surface area contributed by atoms with E-state index in [1.54, 1.807) is 6.92 Å². The molecule has 0 saturated heterocycles. The fourth-order valence-electron chi connectivity index (χ4n) is 2.33. The SMILES string of the molecule is CC(N)C1(c2cc(F)c(S(C)(=O)=O)cc2O)CC1. The number of phenolic OH excluding ortho intramolecular Hbond substituents is 1. The number of rotatable bonds is 3. The van der Waals surface area contributed by atoms with Crippen molar-refractivity contribution in [3.05, 3.63) is 23.5 Å². The van der Waals surface area contributed by atoms with Gasteiger partial charge < -0.3 is 10.8 Å². The minimum atomic E-state index is -3.68. The van der Waals surface area contributed by atoms with Gasteiger partial charge in [-0.15, -0.1) is 0 Å². The van der Waals surface area contributed by atoms with Crippen LogP contribution in [0.2, 0.25) is 0 Å². The lowest BCUT2D eigenvalue weighted by Gasteiger charge is -2.21. The second-order valence-electron chi connectivity index (χ2n) is 5.02. The second-order valence-corrected chi connectivity index (χ2v) is 7.00. The molecule has 100 valence electrons. The van der Waals surface area contributed by atoms with Crippen molar-refractivity contribution in [2.24, 2.45) is 5.73 Å². The van der Waals surface area contributed by atoms with E-state index >= 15 is 0 Å². The van der Waals surface area contributed by atoms with Gasteiger partial charge in [0.25, 0.3) is 0 Å². The Bertz CT molecular complexity index is 592. The van der Waals surface area contributed by atoms with Crippen LogP contribution in [0.25, 0.3) is 0 Å². The van der Waals surface area contributed by atoms with Crippen LogP contribution in [0.15, 0.2) is 17.0 Å². The lowest BCUT2D eigenvalue weighted by molar-refractivity contribution is 0.438. The molecule has 0 bridgehead atoms.